The molecule has 0 aliphatic carbocycles. The molecular weight excluding hydrogens is 210 g/mol. The van der Waals surface area contributed by atoms with Crippen LogP contribution in [-0.4, -0.2) is 16.1 Å². The maximum absolute atomic E-state index is 5.59. The quantitative estimate of drug-likeness (QED) is 0.877. The Labute approximate surface area is 102 Å². The molecule has 3 heteroatoms. The molecule has 0 amide bonds. The largest absolute Gasteiger partial charge is 0.330 e. The monoisotopic (exact) mass is 229 g/mol. The van der Waals surface area contributed by atoms with E-state index in [0.29, 0.717) is 6.54 Å². The zero-order valence-electron chi connectivity index (χ0n) is 10.7. The molecule has 0 spiro atoms. The van der Waals surface area contributed by atoms with Crippen LogP contribution in [0.25, 0.3) is 5.82 Å². The van der Waals surface area contributed by atoms with E-state index in [1.54, 1.807) is 0 Å². The van der Waals surface area contributed by atoms with Gasteiger partial charge in [0, 0.05) is 23.5 Å². The number of aromatic nitrogens is 2. The molecule has 0 fully saturated rings. The second kappa shape index (κ2) is 4.72. The molecule has 90 valence electrons. The van der Waals surface area contributed by atoms with E-state index in [1.807, 2.05) is 0 Å². The Kier molecular flexibility index (Phi) is 3.29. The molecule has 0 bridgehead atoms. The van der Waals surface area contributed by atoms with Crippen LogP contribution in [0.2, 0.25) is 0 Å². The predicted octanol–water partition coefficient (Wildman–Crippen LogP) is 2.30. The maximum Gasteiger partial charge on any atom is 0.137 e. The molecule has 0 aliphatic rings. The summed E-state index contributed by atoms with van der Waals surface area (Å²) in [6.07, 6.45) is 0.827. The molecule has 0 unspecified atom stereocenters. The van der Waals surface area contributed by atoms with Crippen molar-refractivity contribution in [3.63, 3.8) is 0 Å². The molecule has 0 aliphatic heterocycles. The van der Waals surface area contributed by atoms with Crippen LogP contribution in [0.3, 0.4) is 0 Å². The van der Waals surface area contributed by atoms with Crippen molar-refractivity contribution in [1.82, 2.24) is 9.55 Å². The Bertz CT molecular complexity index is 507. The highest BCUT2D eigenvalue weighted by molar-refractivity contribution is 5.35. The SMILES string of the molecule is Cc1cc(CCN)nc(-n2c(C)ccc2C)c1. The fraction of sp³-hybridized carbons (Fsp3) is 0.357. The van der Waals surface area contributed by atoms with E-state index in [4.69, 9.17) is 5.73 Å². The Morgan fingerprint density at radius 3 is 2.35 bits per heavy atom. The van der Waals surface area contributed by atoms with Crippen molar-refractivity contribution in [3.8, 4) is 5.82 Å². The zero-order chi connectivity index (χ0) is 12.4. The number of hydrogen-bond acceptors (Lipinski definition) is 2. The number of hydrogen-bond donors (Lipinski definition) is 1. The lowest BCUT2D eigenvalue weighted by atomic mass is 10.2. The molecule has 0 saturated carbocycles. The fourth-order valence-electron chi connectivity index (χ4n) is 2.14. The van der Waals surface area contributed by atoms with E-state index in [9.17, 15) is 0 Å². The molecule has 0 aromatic carbocycles. The lowest BCUT2D eigenvalue weighted by Crippen LogP contribution is -2.08. The first-order valence-electron chi connectivity index (χ1n) is 5.95. The molecule has 2 aromatic rings. The van der Waals surface area contributed by atoms with Crippen LogP contribution in [0, 0.1) is 20.8 Å². The molecule has 3 nitrogen and oxygen atoms in total. The van der Waals surface area contributed by atoms with Gasteiger partial charge in [0.15, 0.2) is 0 Å². The first kappa shape index (κ1) is 11.9. The first-order valence-corrected chi connectivity index (χ1v) is 5.95. The first-order chi connectivity index (χ1) is 8.11. The second-order valence-corrected chi connectivity index (χ2v) is 4.48. The third-order valence-electron chi connectivity index (χ3n) is 2.91. The summed E-state index contributed by atoms with van der Waals surface area (Å²) in [5.74, 6) is 0.994. The van der Waals surface area contributed by atoms with Crippen molar-refractivity contribution < 1.29 is 0 Å². The normalized spacial score (nSPS) is 10.8. The van der Waals surface area contributed by atoms with Crippen LogP contribution in [-0.2, 0) is 6.42 Å². The number of rotatable bonds is 3. The minimum Gasteiger partial charge on any atom is -0.330 e. The van der Waals surface area contributed by atoms with E-state index >= 15 is 0 Å². The molecule has 0 radical (unpaired) electrons. The van der Waals surface area contributed by atoms with Crippen molar-refractivity contribution in [2.75, 3.05) is 6.54 Å². The second-order valence-electron chi connectivity index (χ2n) is 4.48. The van der Waals surface area contributed by atoms with Gasteiger partial charge in [0.25, 0.3) is 0 Å². The highest BCUT2D eigenvalue weighted by atomic mass is 15.1. The van der Waals surface area contributed by atoms with Gasteiger partial charge in [-0.05, 0) is 57.1 Å². The predicted molar refractivity (Wildman–Crippen MR) is 70.5 cm³/mol. The summed E-state index contributed by atoms with van der Waals surface area (Å²) in [6.45, 7) is 6.93. The van der Waals surface area contributed by atoms with Gasteiger partial charge in [0.1, 0.15) is 5.82 Å². The van der Waals surface area contributed by atoms with Gasteiger partial charge in [-0.25, -0.2) is 4.98 Å². The summed E-state index contributed by atoms with van der Waals surface area (Å²) in [6, 6.07) is 8.44. The molecule has 2 aromatic heterocycles. The summed E-state index contributed by atoms with van der Waals surface area (Å²) in [4.78, 5) is 4.67. The summed E-state index contributed by atoms with van der Waals surface area (Å²) >= 11 is 0. The highest BCUT2D eigenvalue weighted by Gasteiger charge is 2.07. The number of nitrogens with zero attached hydrogens (tertiary/aromatic N) is 2. The van der Waals surface area contributed by atoms with Crippen molar-refractivity contribution >= 4 is 0 Å². The van der Waals surface area contributed by atoms with Crippen LogP contribution in [0.5, 0.6) is 0 Å². The Morgan fingerprint density at radius 1 is 1.12 bits per heavy atom. The van der Waals surface area contributed by atoms with Crippen LogP contribution in [0.4, 0.5) is 0 Å². The molecule has 0 atom stereocenters. The van der Waals surface area contributed by atoms with Crippen molar-refractivity contribution in [1.29, 1.82) is 0 Å². The fourth-order valence-corrected chi connectivity index (χ4v) is 2.14. The lowest BCUT2D eigenvalue weighted by Gasteiger charge is -2.11. The lowest BCUT2D eigenvalue weighted by molar-refractivity contribution is 0.867. The third kappa shape index (κ3) is 2.39. The van der Waals surface area contributed by atoms with E-state index < -0.39 is 0 Å². The van der Waals surface area contributed by atoms with E-state index in [-0.39, 0.29) is 0 Å². The highest BCUT2D eigenvalue weighted by Crippen LogP contribution is 2.16. The van der Waals surface area contributed by atoms with E-state index in [1.165, 1.54) is 17.0 Å². The van der Waals surface area contributed by atoms with Crippen LogP contribution in [0.15, 0.2) is 24.3 Å². The van der Waals surface area contributed by atoms with Gasteiger partial charge in [-0.3, -0.25) is 0 Å². The maximum atomic E-state index is 5.59. The van der Waals surface area contributed by atoms with Crippen molar-refractivity contribution in [2.24, 2.45) is 5.73 Å². The Hall–Kier alpha value is -1.61. The average Bonchev–Trinajstić information content (AvgIpc) is 2.58. The van der Waals surface area contributed by atoms with E-state index in [0.717, 1.165) is 17.9 Å². The number of pyridine rings is 1. The summed E-state index contributed by atoms with van der Waals surface area (Å²) in [7, 11) is 0. The van der Waals surface area contributed by atoms with Gasteiger partial charge in [-0.15, -0.1) is 0 Å². The summed E-state index contributed by atoms with van der Waals surface area (Å²) in [5.41, 5.74) is 10.3. The van der Waals surface area contributed by atoms with Crippen molar-refractivity contribution in [3.05, 3.63) is 46.9 Å². The number of aryl methyl sites for hydroxylation is 3. The topological polar surface area (TPSA) is 43.8 Å². The molecule has 2 heterocycles. The van der Waals surface area contributed by atoms with Gasteiger partial charge in [0.2, 0.25) is 0 Å². The number of nitrogens with two attached hydrogens (primary N) is 1. The van der Waals surface area contributed by atoms with Gasteiger partial charge < -0.3 is 10.3 Å². The smallest absolute Gasteiger partial charge is 0.137 e. The molecular formula is C14H19N3. The van der Waals surface area contributed by atoms with Gasteiger partial charge in [-0.1, -0.05) is 0 Å². The zero-order valence-corrected chi connectivity index (χ0v) is 10.7. The molecule has 0 saturated heterocycles. The van der Waals surface area contributed by atoms with Crippen LogP contribution in [0.1, 0.15) is 22.6 Å². The Balaban J connectivity index is 2.52. The van der Waals surface area contributed by atoms with Gasteiger partial charge in [0.05, 0.1) is 0 Å². The molecule has 17 heavy (non-hydrogen) atoms. The van der Waals surface area contributed by atoms with E-state index in [2.05, 4.69) is 54.6 Å². The van der Waals surface area contributed by atoms with Gasteiger partial charge in [-0.2, -0.15) is 0 Å². The molecule has 2 rings (SSSR count). The minimum atomic E-state index is 0.638. The molecule has 2 N–H and O–H groups in total. The van der Waals surface area contributed by atoms with Crippen LogP contribution < -0.4 is 5.73 Å². The average molecular weight is 229 g/mol. The summed E-state index contributed by atoms with van der Waals surface area (Å²) in [5, 5.41) is 0. The summed E-state index contributed by atoms with van der Waals surface area (Å²) < 4.78 is 2.17. The third-order valence-corrected chi connectivity index (χ3v) is 2.91. The van der Waals surface area contributed by atoms with Crippen molar-refractivity contribution in [2.45, 2.75) is 27.2 Å². The minimum absolute atomic E-state index is 0.638. The van der Waals surface area contributed by atoms with Gasteiger partial charge >= 0.3 is 0 Å². The Morgan fingerprint density at radius 2 is 1.76 bits per heavy atom. The van der Waals surface area contributed by atoms with Crippen LogP contribution >= 0.6 is 0 Å². The standard InChI is InChI=1S/C14H19N3/c1-10-8-13(6-7-15)16-14(9-10)17-11(2)4-5-12(17)3/h4-5,8-9H,6-7,15H2,1-3H3.